The number of hydrogen-bond donors (Lipinski definition) is 2. The van der Waals surface area contributed by atoms with Crippen LogP contribution in [0.3, 0.4) is 0 Å². The zero-order valence-corrected chi connectivity index (χ0v) is 18.4. The third-order valence-electron chi connectivity index (χ3n) is 4.48. The molecule has 1 aromatic carbocycles. The van der Waals surface area contributed by atoms with Gasteiger partial charge in [-0.05, 0) is 26.0 Å². The molecule has 1 aromatic rings. The molecule has 1 saturated heterocycles. The van der Waals surface area contributed by atoms with E-state index in [-0.39, 0.29) is 5.82 Å². The molecular formula is C18H29ClFN5O2S. The summed E-state index contributed by atoms with van der Waals surface area (Å²) in [5.74, 6) is 0.431. The largest absolute Gasteiger partial charge is 0.354 e. The molecule has 0 spiro atoms. The third-order valence-corrected chi connectivity index (χ3v) is 5.75. The first-order valence-electron chi connectivity index (χ1n) is 9.10. The average Bonchev–Trinajstić information content (AvgIpc) is 2.58. The summed E-state index contributed by atoms with van der Waals surface area (Å²) < 4.78 is 39.5. The van der Waals surface area contributed by atoms with E-state index in [4.69, 9.17) is 11.6 Å². The lowest BCUT2D eigenvalue weighted by molar-refractivity contribution is 0.170. The Balaban J connectivity index is 1.89. The Labute approximate surface area is 172 Å². The number of benzene rings is 1. The highest BCUT2D eigenvalue weighted by molar-refractivity contribution is 7.88. The fourth-order valence-corrected chi connectivity index (χ4v) is 4.49. The third kappa shape index (κ3) is 6.88. The van der Waals surface area contributed by atoms with Crippen LogP contribution in [0.1, 0.15) is 19.4 Å². The topological polar surface area (TPSA) is 77.0 Å². The lowest BCUT2D eigenvalue weighted by Gasteiger charge is -2.37. The van der Waals surface area contributed by atoms with Crippen LogP contribution in [0.2, 0.25) is 5.02 Å². The van der Waals surface area contributed by atoms with Gasteiger partial charge in [0.05, 0.1) is 6.26 Å². The summed E-state index contributed by atoms with van der Waals surface area (Å²) >= 11 is 6.13. The Kier molecular flexibility index (Phi) is 7.66. The Morgan fingerprint density at radius 2 is 1.93 bits per heavy atom. The first-order chi connectivity index (χ1) is 13.0. The zero-order valence-electron chi connectivity index (χ0n) is 16.8. The summed E-state index contributed by atoms with van der Waals surface area (Å²) in [6.45, 7) is 7.44. The van der Waals surface area contributed by atoms with Gasteiger partial charge in [-0.25, -0.2) is 17.5 Å². The van der Waals surface area contributed by atoms with E-state index >= 15 is 0 Å². The van der Waals surface area contributed by atoms with E-state index in [0.717, 1.165) is 32.4 Å². The number of hydrogen-bond acceptors (Lipinski definition) is 4. The molecular weight excluding hydrogens is 405 g/mol. The summed E-state index contributed by atoms with van der Waals surface area (Å²) in [6.07, 6.45) is 1.14. The Morgan fingerprint density at radius 1 is 1.29 bits per heavy atom. The quantitative estimate of drug-likeness (QED) is 0.525. The van der Waals surface area contributed by atoms with Gasteiger partial charge in [0, 0.05) is 62.4 Å². The maximum absolute atomic E-state index is 14.0. The molecule has 1 fully saturated rings. The lowest BCUT2D eigenvalue weighted by Crippen LogP contribution is -2.56. The number of nitrogens with zero attached hydrogens (tertiary/aromatic N) is 3. The van der Waals surface area contributed by atoms with Gasteiger partial charge in [0.1, 0.15) is 5.82 Å². The molecule has 0 radical (unpaired) electrons. The average molecular weight is 434 g/mol. The van der Waals surface area contributed by atoms with Gasteiger partial charge in [0.15, 0.2) is 5.96 Å². The number of aliphatic imine (C=N–C) groups is 1. The lowest BCUT2D eigenvalue weighted by atomic mass is 10.1. The van der Waals surface area contributed by atoms with E-state index in [9.17, 15) is 12.8 Å². The molecule has 1 aliphatic heterocycles. The van der Waals surface area contributed by atoms with E-state index in [1.807, 2.05) is 13.8 Å². The molecule has 1 heterocycles. The van der Waals surface area contributed by atoms with Crippen LogP contribution in [0.4, 0.5) is 4.39 Å². The fourth-order valence-electron chi connectivity index (χ4n) is 3.20. The standard InChI is InChI=1S/C18H29ClFN5O2S/c1-18(2,23-28(4,26)27)13-22-17(21-3)25-10-8-24(9-11-25)12-14-15(19)6-5-7-16(14)20/h5-7,23H,8-13H2,1-4H3,(H,21,22). The van der Waals surface area contributed by atoms with Crippen molar-refractivity contribution in [2.24, 2.45) is 4.99 Å². The van der Waals surface area contributed by atoms with Gasteiger partial charge in [-0.15, -0.1) is 0 Å². The van der Waals surface area contributed by atoms with Crippen LogP contribution in [0.25, 0.3) is 0 Å². The van der Waals surface area contributed by atoms with E-state index < -0.39 is 15.6 Å². The molecule has 28 heavy (non-hydrogen) atoms. The van der Waals surface area contributed by atoms with Gasteiger partial charge in [-0.3, -0.25) is 9.89 Å². The molecule has 0 amide bonds. The monoisotopic (exact) mass is 433 g/mol. The van der Waals surface area contributed by atoms with Crippen LogP contribution in [0, 0.1) is 5.82 Å². The van der Waals surface area contributed by atoms with Crippen molar-refractivity contribution in [3.05, 3.63) is 34.6 Å². The minimum absolute atomic E-state index is 0.284. The Morgan fingerprint density at radius 3 is 2.46 bits per heavy atom. The van der Waals surface area contributed by atoms with Crippen molar-refractivity contribution in [3.63, 3.8) is 0 Å². The maximum atomic E-state index is 14.0. The number of piperazine rings is 1. The van der Waals surface area contributed by atoms with Gasteiger partial charge in [-0.2, -0.15) is 0 Å². The minimum Gasteiger partial charge on any atom is -0.354 e. The molecule has 0 atom stereocenters. The van der Waals surface area contributed by atoms with Crippen LogP contribution in [-0.4, -0.2) is 75.7 Å². The number of rotatable bonds is 6. The molecule has 0 bridgehead atoms. The van der Waals surface area contributed by atoms with E-state index in [2.05, 4.69) is 24.8 Å². The maximum Gasteiger partial charge on any atom is 0.209 e. The molecule has 10 heteroatoms. The van der Waals surface area contributed by atoms with E-state index in [0.29, 0.717) is 29.6 Å². The van der Waals surface area contributed by atoms with Crippen molar-refractivity contribution in [3.8, 4) is 0 Å². The first-order valence-corrected chi connectivity index (χ1v) is 11.4. The van der Waals surface area contributed by atoms with Crippen LogP contribution < -0.4 is 10.0 Å². The molecule has 2 N–H and O–H groups in total. The molecule has 2 rings (SSSR count). The van der Waals surface area contributed by atoms with Gasteiger partial charge >= 0.3 is 0 Å². The van der Waals surface area contributed by atoms with Crippen LogP contribution in [0.15, 0.2) is 23.2 Å². The van der Waals surface area contributed by atoms with Crippen molar-refractivity contribution in [1.29, 1.82) is 0 Å². The fraction of sp³-hybridized carbons (Fsp3) is 0.611. The summed E-state index contributed by atoms with van der Waals surface area (Å²) in [4.78, 5) is 8.57. The first kappa shape index (κ1) is 22.9. The van der Waals surface area contributed by atoms with Gasteiger partial charge in [-0.1, -0.05) is 17.7 Å². The normalized spacial score (nSPS) is 17.1. The van der Waals surface area contributed by atoms with Gasteiger partial charge < -0.3 is 10.2 Å². The number of guanidine groups is 1. The number of sulfonamides is 1. The van der Waals surface area contributed by atoms with Crippen molar-refractivity contribution in [2.45, 2.75) is 25.9 Å². The minimum atomic E-state index is -3.30. The van der Waals surface area contributed by atoms with E-state index in [1.165, 1.54) is 6.07 Å². The molecule has 1 aliphatic rings. The van der Waals surface area contributed by atoms with Crippen molar-refractivity contribution >= 4 is 27.6 Å². The van der Waals surface area contributed by atoms with Crippen molar-refractivity contribution in [2.75, 3.05) is 46.0 Å². The molecule has 0 aliphatic carbocycles. The predicted octanol–water partition coefficient (Wildman–Crippen LogP) is 1.50. The second kappa shape index (κ2) is 9.39. The molecule has 0 saturated carbocycles. The van der Waals surface area contributed by atoms with Crippen molar-refractivity contribution < 1.29 is 12.8 Å². The molecule has 0 unspecified atom stereocenters. The summed E-state index contributed by atoms with van der Waals surface area (Å²) in [6, 6.07) is 4.73. The van der Waals surface area contributed by atoms with Crippen LogP contribution in [0.5, 0.6) is 0 Å². The van der Waals surface area contributed by atoms with E-state index in [1.54, 1.807) is 19.2 Å². The predicted molar refractivity (Wildman–Crippen MR) is 112 cm³/mol. The molecule has 0 aromatic heterocycles. The highest BCUT2D eigenvalue weighted by atomic mass is 35.5. The Bertz CT molecular complexity index is 788. The molecule has 158 valence electrons. The zero-order chi connectivity index (χ0) is 20.9. The smallest absolute Gasteiger partial charge is 0.209 e. The highest BCUT2D eigenvalue weighted by Crippen LogP contribution is 2.21. The van der Waals surface area contributed by atoms with Crippen LogP contribution in [-0.2, 0) is 16.6 Å². The van der Waals surface area contributed by atoms with Crippen molar-refractivity contribution in [1.82, 2.24) is 19.8 Å². The number of halogens is 2. The SMILES string of the molecule is CN=C(NCC(C)(C)NS(C)(=O)=O)N1CCN(Cc2c(F)cccc2Cl)CC1. The summed E-state index contributed by atoms with van der Waals surface area (Å²) in [5.41, 5.74) is -0.124. The second-order valence-corrected chi connectivity index (χ2v) is 9.78. The van der Waals surface area contributed by atoms with Gasteiger partial charge in [0.2, 0.25) is 10.0 Å². The Hall–Kier alpha value is -1.42. The summed E-state index contributed by atoms with van der Waals surface area (Å²) in [5, 5.41) is 3.68. The second-order valence-electron chi connectivity index (χ2n) is 7.62. The van der Waals surface area contributed by atoms with Crippen LogP contribution >= 0.6 is 11.6 Å². The molecule has 7 nitrogen and oxygen atoms in total. The number of nitrogens with one attached hydrogen (secondary N) is 2. The highest BCUT2D eigenvalue weighted by Gasteiger charge is 2.25. The summed E-state index contributed by atoms with van der Waals surface area (Å²) in [7, 11) is -1.60. The van der Waals surface area contributed by atoms with Gasteiger partial charge in [0.25, 0.3) is 0 Å².